The highest BCUT2D eigenvalue weighted by molar-refractivity contribution is 6.30. The number of nitrogens with one attached hydrogen (secondary N) is 1. The van der Waals surface area contributed by atoms with Gasteiger partial charge in [0.05, 0.1) is 0 Å². The van der Waals surface area contributed by atoms with Gasteiger partial charge in [-0.25, -0.2) is 4.79 Å². The van der Waals surface area contributed by atoms with Crippen LogP contribution >= 0.6 is 0 Å². The molecule has 0 aliphatic heterocycles. The van der Waals surface area contributed by atoms with Crippen LogP contribution in [0.15, 0.2) is 11.0 Å². The summed E-state index contributed by atoms with van der Waals surface area (Å²) in [4.78, 5) is 13.1. The molecule has 0 radical (unpaired) electrons. The lowest BCUT2D eigenvalue weighted by Gasteiger charge is -1.86. The van der Waals surface area contributed by atoms with Gasteiger partial charge in [0, 0.05) is 13.2 Å². The Balaban J connectivity index is 3.41. The van der Waals surface area contributed by atoms with Crippen LogP contribution in [0.4, 0.5) is 0 Å². The molecule has 0 unspecified atom stereocenters. The zero-order chi connectivity index (χ0) is 6.15. The Morgan fingerprint density at radius 3 is 2.62 bits per heavy atom. The molecule has 0 amide bonds. The Hall–Kier alpha value is -0.925. The van der Waals surface area contributed by atoms with Gasteiger partial charge in [0.25, 0.3) is 0 Å². The van der Waals surface area contributed by atoms with E-state index in [2.05, 4.69) is 4.98 Å². The molecule has 1 aromatic heterocycles. The molecule has 0 saturated heterocycles. The number of nitrogens with zero attached hydrogens (tertiary/aromatic N) is 1. The molecule has 0 fully saturated rings. The van der Waals surface area contributed by atoms with Crippen LogP contribution < -0.4 is 11.3 Å². The number of hydrogen-bond acceptors (Lipinski definition) is 1. The summed E-state index contributed by atoms with van der Waals surface area (Å²) in [5.41, 5.74) is 0.900. The van der Waals surface area contributed by atoms with E-state index in [1.165, 1.54) is 0 Å². The Morgan fingerprint density at radius 1 is 1.88 bits per heavy atom. The highest BCUT2D eigenvalue weighted by Gasteiger charge is 1.91. The smallest absolute Gasteiger partial charge is 0.313 e. The summed E-state index contributed by atoms with van der Waals surface area (Å²) in [6, 6.07) is 0. The van der Waals surface area contributed by atoms with Crippen LogP contribution in [-0.4, -0.2) is 17.4 Å². The second kappa shape index (κ2) is 1.54. The molecule has 0 atom stereocenters. The van der Waals surface area contributed by atoms with Gasteiger partial charge in [0.2, 0.25) is 0 Å². The van der Waals surface area contributed by atoms with E-state index in [0.717, 1.165) is 5.59 Å². The van der Waals surface area contributed by atoms with Crippen molar-refractivity contribution in [3.8, 4) is 0 Å². The normalized spacial score (nSPS) is 9.62. The minimum absolute atomic E-state index is 0.0532. The third kappa shape index (κ3) is 0.578. The second-order valence-corrected chi connectivity index (χ2v) is 1.79. The first kappa shape index (κ1) is 5.22. The number of H-pyrrole nitrogens is 1. The van der Waals surface area contributed by atoms with Gasteiger partial charge in [-0.3, -0.25) is 0 Å². The van der Waals surface area contributed by atoms with Crippen LogP contribution in [-0.2, 0) is 7.05 Å². The van der Waals surface area contributed by atoms with Crippen molar-refractivity contribution in [2.75, 3.05) is 0 Å². The van der Waals surface area contributed by atoms with Crippen molar-refractivity contribution in [2.24, 2.45) is 7.05 Å². The largest absolute Gasteiger partial charge is 0.324 e. The first-order chi connectivity index (χ1) is 3.72. The molecule has 0 saturated carbocycles. The van der Waals surface area contributed by atoms with Crippen LogP contribution in [0.5, 0.6) is 0 Å². The van der Waals surface area contributed by atoms with Crippen molar-refractivity contribution in [3.63, 3.8) is 0 Å². The number of imidazole rings is 1. The van der Waals surface area contributed by atoms with Gasteiger partial charge in [-0.2, -0.15) is 0 Å². The zero-order valence-electron chi connectivity index (χ0n) is 4.93. The third-order valence-corrected chi connectivity index (χ3v) is 1.24. The topological polar surface area (TPSA) is 37.8 Å². The maximum atomic E-state index is 10.5. The van der Waals surface area contributed by atoms with Crippen molar-refractivity contribution >= 4 is 13.4 Å². The Kier molecular flexibility index (Phi) is 1.01. The SMILES string of the molecule is Bc1c[nH]c(=O)n1C. The maximum absolute atomic E-state index is 10.5. The van der Waals surface area contributed by atoms with E-state index in [9.17, 15) is 4.79 Å². The molecule has 8 heavy (non-hydrogen) atoms. The van der Waals surface area contributed by atoms with Gasteiger partial charge in [-0.1, -0.05) is 0 Å². The summed E-state index contributed by atoms with van der Waals surface area (Å²) in [6.07, 6.45) is 1.68. The fourth-order valence-electron chi connectivity index (χ4n) is 0.520. The van der Waals surface area contributed by atoms with Crippen molar-refractivity contribution in [3.05, 3.63) is 16.7 Å². The number of hydrogen-bond donors (Lipinski definition) is 1. The lowest BCUT2D eigenvalue weighted by molar-refractivity contribution is 0.884. The summed E-state index contributed by atoms with van der Waals surface area (Å²) in [6.45, 7) is 0. The van der Waals surface area contributed by atoms with Crippen LogP contribution in [0, 0.1) is 0 Å². The first-order valence-corrected chi connectivity index (χ1v) is 2.43. The average molecular weight is 110 g/mol. The van der Waals surface area contributed by atoms with Gasteiger partial charge in [0.15, 0.2) is 7.85 Å². The van der Waals surface area contributed by atoms with Crippen LogP contribution in [0.1, 0.15) is 0 Å². The molecule has 0 aromatic carbocycles. The Bertz CT molecular complexity index is 236. The fourth-order valence-corrected chi connectivity index (χ4v) is 0.520. The molecule has 0 aliphatic rings. The van der Waals surface area contributed by atoms with Crippen molar-refractivity contribution in [1.82, 2.24) is 9.55 Å². The van der Waals surface area contributed by atoms with Crippen molar-refractivity contribution < 1.29 is 0 Å². The molecular formula is C4H7BN2O. The summed E-state index contributed by atoms with van der Waals surface area (Å²) >= 11 is 0. The van der Waals surface area contributed by atoms with Gasteiger partial charge in [-0.05, 0) is 5.59 Å². The predicted molar refractivity (Wildman–Crippen MR) is 34.2 cm³/mol. The monoisotopic (exact) mass is 110 g/mol. The molecule has 1 aromatic rings. The average Bonchev–Trinajstić information content (AvgIpc) is 1.98. The molecule has 1 heterocycles. The Morgan fingerprint density at radius 2 is 2.50 bits per heavy atom. The summed E-state index contributed by atoms with van der Waals surface area (Å²) in [5.74, 6) is 0. The highest BCUT2D eigenvalue weighted by Crippen LogP contribution is 1.60. The molecule has 0 aliphatic carbocycles. The molecule has 0 bridgehead atoms. The van der Waals surface area contributed by atoms with Crippen LogP contribution in [0.3, 0.4) is 0 Å². The van der Waals surface area contributed by atoms with E-state index in [4.69, 9.17) is 0 Å². The maximum Gasteiger partial charge on any atom is 0.324 e. The highest BCUT2D eigenvalue weighted by atomic mass is 16.1. The summed E-state index contributed by atoms with van der Waals surface area (Å²) < 4.78 is 1.56. The van der Waals surface area contributed by atoms with Crippen LogP contribution in [0.25, 0.3) is 0 Å². The lowest BCUT2D eigenvalue weighted by Crippen LogP contribution is -2.22. The summed E-state index contributed by atoms with van der Waals surface area (Å²) in [7, 11) is 3.60. The Labute approximate surface area is 47.7 Å². The molecule has 3 nitrogen and oxygen atoms in total. The summed E-state index contributed by atoms with van der Waals surface area (Å²) in [5, 5.41) is 0. The van der Waals surface area contributed by atoms with Crippen molar-refractivity contribution in [1.29, 1.82) is 0 Å². The van der Waals surface area contributed by atoms with Gasteiger partial charge >= 0.3 is 5.69 Å². The van der Waals surface area contributed by atoms with E-state index < -0.39 is 0 Å². The minimum atomic E-state index is -0.0532. The molecule has 42 valence electrons. The fraction of sp³-hybridized carbons (Fsp3) is 0.250. The molecule has 1 rings (SSSR count). The standard InChI is InChI=1S/C4H7BN2O/c1-7-3(5)2-6-4(7)8/h2H,5H2,1H3,(H,6,8). The number of aromatic amines is 1. The van der Waals surface area contributed by atoms with E-state index >= 15 is 0 Å². The predicted octanol–water partition coefficient (Wildman–Crippen LogP) is -2.03. The van der Waals surface area contributed by atoms with Gasteiger partial charge in [-0.15, -0.1) is 0 Å². The van der Waals surface area contributed by atoms with E-state index in [-0.39, 0.29) is 5.69 Å². The molecule has 1 N–H and O–H groups in total. The number of aromatic nitrogens is 2. The van der Waals surface area contributed by atoms with Gasteiger partial charge < -0.3 is 9.55 Å². The first-order valence-electron chi connectivity index (χ1n) is 2.43. The van der Waals surface area contributed by atoms with E-state index in [1.54, 1.807) is 17.8 Å². The molecule has 0 spiro atoms. The van der Waals surface area contributed by atoms with E-state index in [0.29, 0.717) is 0 Å². The number of rotatable bonds is 0. The van der Waals surface area contributed by atoms with Crippen LogP contribution in [0.2, 0.25) is 0 Å². The minimum Gasteiger partial charge on any atom is -0.313 e. The molecular weight excluding hydrogens is 103 g/mol. The quantitative estimate of drug-likeness (QED) is 0.384. The van der Waals surface area contributed by atoms with Crippen molar-refractivity contribution in [2.45, 2.75) is 0 Å². The third-order valence-electron chi connectivity index (χ3n) is 1.24. The zero-order valence-corrected chi connectivity index (χ0v) is 4.93. The van der Waals surface area contributed by atoms with E-state index in [1.807, 2.05) is 7.85 Å². The van der Waals surface area contributed by atoms with Gasteiger partial charge in [0.1, 0.15) is 0 Å². The second-order valence-electron chi connectivity index (χ2n) is 1.79. The molecule has 4 heteroatoms. The lowest BCUT2D eigenvalue weighted by atomic mass is 10.1.